The van der Waals surface area contributed by atoms with Gasteiger partial charge in [0.25, 0.3) is 11.8 Å². The van der Waals surface area contributed by atoms with Crippen LogP contribution in [0.3, 0.4) is 0 Å². The summed E-state index contributed by atoms with van der Waals surface area (Å²) in [6.07, 6.45) is 7.32. The van der Waals surface area contributed by atoms with Crippen molar-refractivity contribution in [2.75, 3.05) is 18.4 Å². The fourth-order valence-electron chi connectivity index (χ4n) is 4.86. The number of aromatic nitrogens is 2. The highest BCUT2D eigenvalue weighted by atomic mass is 16.5. The summed E-state index contributed by atoms with van der Waals surface area (Å²) in [5.74, 6) is 0.786. The highest BCUT2D eigenvalue weighted by Gasteiger charge is 2.33. The topological polar surface area (TPSA) is 117 Å². The van der Waals surface area contributed by atoms with Gasteiger partial charge >= 0.3 is 0 Å². The van der Waals surface area contributed by atoms with Gasteiger partial charge in [0.15, 0.2) is 5.69 Å². The number of nitrogens with zero attached hydrogens (tertiary/aromatic N) is 3. The SMILES string of the molecule is CCC(=O)N1CCC(C(NC(=O)c2cc(C3CC3)on2)c2cccc(C(=O)Nc3cccnc3)c2)CC1. The van der Waals surface area contributed by atoms with E-state index < -0.39 is 0 Å². The molecule has 9 heteroatoms. The summed E-state index contributed by atoms with van der Waals surface area (Å²) in [5.41, 5.74) is 2.18. The molecule has 1 saturated heterocycles. The van der Waals surface area contributed by atoms with Crippen LogP contribution in [0.15, 0.2) is 59.4 Å². The van der Waals surface area contributed by atoms with E-state index in [0.717, 1.165) is 37.0 Å². The summed E-state index contributed by atoms with van der Waals surface area (Å²) < 4.78 is 5.39. The van der Waals surface area contributed by atoms with Crippen molar-refractivity contribution < 1.29 is 18.9 Å². The predicted octanol–water partition coefficient (Wildman–Crippen LogP) is 4.32. The quantitative estimate of drug-likeness (QED) is 0.475. The van der Waals surface area contributed by atoms with Crippen LogP contribution in [0.4, 0.5) is 5.69 Å². The highest BCUT2D eigenvalue weighted by molar-refractivity contribution is 6.04. The van der Waals surface area contributed by atoms with Gasteiger partial charge in [-0.05, 0) is 61.4 Å². The molecule has 0 bridgehead atoms. The number of amides is 3. The first-order valence-electron chi connectivity index (χ1n) is 12.9. The number of likely N-dealkylation sites (tertiary alicyclic amines) is 1. The maximum absolute atomic E-state index is 13.2. The summed E-state index contributed by atoms with van der Waals surface area (Å²) in [6, 6.07) is 12.2. The van der Waals surface area contributed by atoms with E-state index in [0.29, 0.717) is 36.7 Å². The molecule has 0 spiro atoms. The molecule has 2 N–H and O–H groups in total. The maximum atomic E-state index is 13.2. The zero-order chi connectivity index (χ0) is 25.8. The van der Waals surface area contributed by atoms with Gasteiger partial charge in [-0.15, -0.1) is 0 Å². The van der Waals surface area contributed by atoms with Crippen LogP contribution in [0.2, 0.25) is 0 Å². The Kier molecular flexibility index (Phi) is 7.30. The summed E-state index contributed by atoms with van der Waals surface area (Å²) >= 11 is 0. The van der Waals surface area contributed by atoms with Crippen LogP contribution in [0.5, 0.6) is 0 Å². The second-order valence-corrected chi connectivity index (χ2v) is 9.73. The molecule has 37 heavy (non-hydrogen) atoms. The molecule has 0 radical (unpaired) electrons. The first-order valence-corrected chi connectivity index (χ1v) is 12.9. The summed E-state index contributed by atoms with van der Waals surface area (Å²) in [4.78, 5) is 44.3. The average Bonchev–Trinajstić information content (AvgIpc) is 3.67. The van der Waals surface area contributed by atoms with E-state index in [-0.39, 0.29) is 35.4 Å². The van der Waals surface area contributed by atoms with Gasteiger partial charge in [-0.2, -0.15) is 0 Å². The molecule has 2 aromatic heterocycles. The molecule has 5 rings (SSSR count). The Morgan fingerprint density at radius 2 is 1.86 bits per heavy atom. The Morgan fingerprint density at radius 3 is 2.57 bits per heavy atom. The first kappa shape index (κ1) is 24.7. The molecule has 3 amide bonds. The van der Waals surface area contributed by atoms with Crippen molar-refractivity contribution in [2.45, 2.75) is 51.0 Å². The van der Waals surface area contributed by atoms with E-state index in [4.69, 9.17) is 4.52 Å². The lowest BCUT2D eigenvalue weighted by molar-refractivity contribution is -0.132. The number of anilines is 1. The molecule has 1 saturated carbocycles. The highest BCUT2D eigenvalue weighted by Crippen LogP contribution is 2.40. The zero-order valence-corrected chi connectivity index (χ0v) is 20.9. The smallest absolute Gasteiger partial charge is 0.273 e. The normalized spacial score (nSPS) is 16.7. The number of piperidine rings is 1. The van der Waals surface area contributed by atoms with E-state index in [1.165, 1.54) is 0 Å². The van der Waals surface area contributed by atoms with Crippen molar-refractivity contribution in [3.05, 3.63) is 77.4 Å². The van der Waals surface area contributed by atoms with Gasteiger partial charge in [-0.25, -0.2) is 0 Å². The number of pyridine rings is 1. The molecular weight excluding hydrogens is 470 g/mol. The number of hydrogen-bond donors (Lipinski definition) is 2. The minimum atomic E-state index is -0.349. The molecule has 192 valence electrons. The Morgan fingerprint density at radius 1 is 1.05 bits per heavy atom. The Bertz CT molecular complexity index is 1260. The van der Waals surface area contributed by atoms with E-state index >= 15 is 0 Å². The minimum Gasteiger partial charge on any atom is -0.360 e. The molecule has 9 nitrogen and oxygen atoms in total. The maximum Gasteiger partial charge on any atom is 0.273 e. The monoisotopic (exact) mass is 501 g/mol. The minimum absolute atomic E-state index is 0.0938. The van der Waals surface area contributed by atoms with E-state index in [1.54, 1.807) is 36.7 Å². The summed E-state index contributed by atoms with van der Waals surface area (Å²) in [7, 11) is 0. The van der Waals surface area contributed by atoms with Crippen molar-refractivity contribution in [1.29, 1.82) is 0 Å². The fourth-order valence-corrected chi connectivity index (χ4v) is 4.86. The second kappa shape index (κ2) is 10.9. The summed E-state index contributed by atoms with van der Waals surface area (Å²) in [6.45, 7) is 3.15. The third-order valence-corrected chi connectivity index (χ3v) is 7.12. The van der Waals surface area contributed by atoms with Gasteiger partial charge in [0.05, 0.1) is 17.9 Å². The largest absolute Gasteiger partial charge is 0.360 e. The van der Waals surface area contributed by atoms with Crippen LogP contribution in [0.25, 0.3) is 0 Å². The standard InChI is InChI=1S/C28H31N5O4/c1-2-25(34)33-13-10-19(11-14-33)26(31-28(36)23-16-24(37-32-23)18-8-9-18)20-5-3-6-21(15-20)27(35)30-22-7-4-12-29-17-22/h3-7,12,15-19,26H,2,8-11,13-14H2,1H3,(H,30,35)(H,31,36). The zero-order valence-electron chi connectivity index (χ0n) is 20.9. The Hall–Kier alpha value is -4.01. The van der Waals surface area contributed by atoms with Crippen molar-refractivity contribution in [1.82, 2.24) is 20.4 Å². The number of carbonyl (C=O) groups is 3. The predicted molar refractivity (Wildman–Crippen MR) is 137 cm³/mol. The van der Waals surface area contributed by atoms with Gasteiger partial charge < -0.3 is 20.1 Å². The van der Waals surface area contributed by atoms with Crippen molar-refractivity contribution in [3.8, 4) is 0 Å². The average molecular weight is 502 g/mol. The molecule has 1 unspecified atom stereocenters. The number of nitrogens with one attached hydrogen (secondary N) is 2. The van der Waals surface area contributed by atoms with Crippen LogP contribution in [0, 0.1) is 5.92 Å². The lowest BCUT2D eigenvalue weighted by Crippen LogP contribution is -2.43. The number of hydrogen-bond acceptors (Lipinski definition) is 6. The lowest BCUT2D eigenvalue weighted by Gasteiger charge is -2.36. The van der Waals surface area contributed by atoms with Crippen LogP contribution >= 0.6 is 0 Å². The number of rotatable bonds is 8. The fraction of sp³-hybridized carbons (Fsp3) is 0.393. The van der Waals surface area contributed by atoms with Gasteiger partial charge in [-0.1, -0.05) is 24.2 Å². The molecule has 2 aliphatic rings. The molecule has 3 heterocycles. The van der Waals surface area contributed by atoms with Crippen LogP contribution in [0.1, 0.15) is 83.2 Å². The molecule has 1 aromatic carbocycles. The molecule has 1 aliphatic carbocycles. The van der Waals surface area contributed by atoms with E-state index in [1.807, 2.05) is 30.0 Å². The van der Waals surface area contributed by atoms with Crippen LogP contribution in [-0.4, -0.2) is 45.9 Å². The van der Waals surface area contributed by atoms with Gasteiger partial charge in [0, 0.05) is 43.3 Å². The number of carbonyl (C=O) groups excluding carboxylic acids is 3. The van der Waals surface area contributed by atoms with Crippen LogP contribution in [-0.2, 0) is 4.79 Å². The third-order valence-electron chi connectivity index (χ3n) is 7.12. The Balaban J connectivity index is 1.37. The summed E-state index contributed by atoms with van der Waals surface area (Å²) in [5, 5.41) is 10.0. The Labute approximate surface area is 215 Å². The number of benzene rings is 1. The molecule has 3 aromatic rings. The van der Waals surface area contributed by atoms with E-state index in [2.05, 4.69) is 20.8 Å². The molecular formula is C28H31N5O4. The van der Waals surface area contributed by atoms with E-state index in [9.17, 15) is 14.4 Å². The second-order valence-electron chi connectivity index (χ2n) is 9.73. The first-order chi connectivity index (χ1) is 18.0. The van der Waals surface area contributed by atoms with Crippen LogP contribution < -0.4 is 10.6 Å². The molecule has 2 fully saturated rings. The van der Waals surface area contributed by atoms with Gasteiger partial charge in [0.1, 0.15) is 5.76 Å². The van der Waals surface area contributed by atoms with Gasteiger partial charge in [0.2, 0.25) is 5.91 Å². The molecule has 1 atom stereocenters. The van der Waals surface area contributed by atoms with Gasteiger partial charge in [-0.3, -0.25) is 19.4 Å². The third kappa shape index (κ3) is 5.87. The van der Waals surface area contributed by atoms with Crippen molar-refractivity contribution >= 4 is 23.4 Å². The molecule has 1 aliphatic heterocycles. The van der Waals surface area contributed by atoms with Crippen molar-refractivity contribution in [2.24, 2.45) is 5.92 Å². The van der Waals surface area contributed by atoms with Crippen molar-refractivity contribution in [3.63, 3.8) is 0 Å². The lowest BCUT2D eigenvalue weighted by atomic mass is 9.84.